The van der Waals surface area contributed by atoms with E-state index in [-0.39, 0.29) is 35.3 Å². The van der Waals surface area contributed by atoms with Crippen LogP contribution >= 0.6 is 11.6 Å². The van der Waals surface area contributed by atoms with Crippen LogP contribution in [0, 0.1) is 11.3 Å². The zero-order chi connectivity index (χ0) is 27.6. The highest BCUT2D eigenvalue weighted by Crippen LogP contribution is 2.46. The molecule has 0 radical (unpaired) electrons. The van der Waals surface area contributed by atoms with Gasteiger partial charge in [-0.25, -0.2) is 4.79 Å². The lowest BCUT2D eigenvalue weighted by Gasteiger charge is -2.38. The molecule has 0 spiro atoms. The number of methoxy groups -OCH3 is 3. The van der Waals surface area contributed by atoms with Crippen molar-refractivity contribution in [3.05, 3.63) is 81.4 Å². The van der Waals surface area contributed by atoms with Gasteiger partial charge in [-0.2, -0.15) is 5.26 Å². The van der Waals surface area contributed by atoms with Gasteiger partial charge in [-0.15, -0.1) is 0 Å². The van der Waals surface area contributed by atoms with Gasteiger partial charge in [0, 0.05) is 5.02 Å². The minimum atomic E-state index is -0.656. The quantitative estimate of drug-likeness (QED) is 0.370. The van der Waals surface area contributed by atoms with E-state index in [2.05, 4.69) is 6.07 Å². The zero-order valence-corrected chi connectivity index (χ0v) is 22.5. The minimum absolute atomic E-state index is 0.0314. The number of carbonyl (C=O) groups excluding carboxylic acids is 2. The van der Waals surface area contributed by atoms with Crippen molar-refractivity contribution < 1.29 is 28.5 Å². The number of fused-ring (bicyclic) bond motifs is 1. The van der Waals surface area contributed by atoms with Crippen LogP contribution in [0.4, 0.5) is 5.69 Å². The fourth-order valence-corrected chi connectivity index (χ4v) is 4.80. The Balaban J connectivity index is 2.00. The first-order chi connectivity index (χ1) is 18.2. The lowest BCUT2D eigenvalue weighted by molar-refractivity contribution is -0.118. The molecular weight excluding hydrogens is 508 g/mol. The van der Waals surface area contributed by atoms with Crippen LogP contribution in [0.25, 0.3) is 0 Å². The number of amides is 1. The molecular formula is C29H27ClN2O6. The van der Waals surface area contributed by atoms with E-state index < -0.39 is 12.0 Å². The normalized spacial score (nSPS) is 14.5. The van der Waals surface area contributed by atoms with E-state index in [9.17, 15) is 14.9 Å². The molecule has 0 saturated heterocycles. The van der Waals surface area contributed by atoms with Crippen LogP contribution < -0.4 is 19.1 Å². The van der Waals surface area contributed by atoms with Gasteiger partial charge in [0.15, 0.2) is 17.2 Å². The summed E-state index contributed by atoms with van der Waals surface area (Å²) in [5, 5.41) is 10.7. The van der Waals surface area contributed by atoms with Gasteiger partial charge in [0.25, 0.3) is 0 Å². The van der Waals surface area contributed by atoms with Crippen molar-refractivity contribution in [1.82, 2.24) is 0 Å². The molecule has 0 aliphatic carbocycles. The van der Waals surface area contributed by atoms with Crippen LogP contribution in [0.5, 0.6) is 17.2 Å². The molecule has 1 atom stereocenters. The lowest BCUT2D eigenvalue weighted by Crippen LogP contribution is -2.41. The van der Waals surface area contributed by atoms with Crippen molar-refractivity contribution in [3.8, 4) is 23.3 Å². The Morgan fingerprint density at radius 3 is 2.34 bits per heavy atom. The Morgan fingerprint density at radius 2 is 1.76 bits per heavy atom. The molecule has 0 aromatic heterocycles. The summed E-state index contributed by atoms with van der Waals surface area (Å²) < 4.78 is 21.9. The van der Waals surface area contributed by atoms with Crippen molar-refractivity contribution in [1.29, 1.82) is 5.26 Å². The van der Waals surface area contributed by atoms with Crippen LogP contribution in [0.2, 0.25) is 5.02 Å². The number of benzene rings is 3. The molecule has 3 aromatic carbocycles. The second-order valence-corrected chi connectivity index (χ2v) is 9.34. The molecule has 3 aromatic rings. The van der Waals surface area contributed by atoms with E-state index >= 15 is 0 Å². The molecule has 4 rings (SSSR count). The molecule has 38 heavy (non-hydrogen) atoms. The number of nitrogens with zero attached hydrogens (tertiary/aromatic N) is 2. The van der Waals surface area contributed by atoms with Gasteiger partial charge < -0.3 is 18.9 Å². The van der Waals surface area contributed by atoms with E-state index in [0.29, 0.717) is 22.2 Å². The van der Waals surface area contributed by atoms with Crippen LogP contribution in [0.15, 0.2) is 48.5 Å². The Labute approximate surface area is 226 Å². The average Bonchev–Trinajstić information content (AvgIpc) is 2.91. The summed E-state index contributed by atoms with van der Waals surface area (Å²) in [7, 11) is 4.16. The van der Waals surface area contributed by atoms with Crippen LogP contribution in [-0.4, -0.2) is 39.3 Å². The summed E-state index contributed by atoms with van der Waals surface area (Å²) in [5.74, 6) is 0.186. The van der Waals surface area contributed by atoms with Crippen LogP contribution in [-0.2, 0) is 16.0 Å². The number of anilines is 1. The number of esters is 1. The van der Waals surface area contributed by atoms with Gasteiger partial charge in [-0.05, 0) is 66.9 Å². The third-order valence-electron chi connectivity index (χ3n) is 6.25. The van der Waals surface area contributed by atoms with Crippen molar-refractivity contribution >= 4 is 29.2 Å². The molecule has 1 heterocycles. The Morgan fingerprint density at radius 1 is 1.05 bits per heavy atom. The Hall–Kier alpha value is -4.22. The SMILES string of the molecule is COC(=O)c1ccc(N2C(=O)Cc3cc(OC)c(OC(C)C)cc3C2c2ccc(Cl)cc2)c(C#N)c1OC. The summed E-state index contributed by atoms with van der Waals surface area (Å²) in [5.41, 5.74) is 2.77. The smallest absolute Gasteiger partial charge is 0.341 e. The molecule has 8 nitrogen and oxygen atoms in total. The Bertz CT molecular complexity index is 1430. The molecule has 1 unspecified atom stereocenters. The molecule has 0 N–H and O–H groups in total. The van der Waals surface area contributed by atoms with Crippen LogP contribution in [0.3, 0.4) is 0 Å². The zero-order valence-electron chi connectivity index (χ0n) is 21.7. The minimum Gasteiger partial charge on any atom is -0.494 e. The topological polar surface area (TPSA) is 98.1 Å². The van der Waals surface area contributed by atoms with Gasteiger partial charge >= 0.3 is 5.97 Å². The number of hydrogen-bond acceptors (Lipinski definition) is 7. The summed E-state index contributed by atoms with van der Waals surface area (Å²) in [6, 6.07) is 15.4. The number of carbonyl (C=O) groups is 2. The standard InChI is InChI=1S/C29H27ClN2O6/c1-16(2)38-25-14-21-18(12-24(25)35-3)13-26(33)32(27(21)17-6-8-19(30)9-7-17)23-11-10-20(29(34)37-5)28(36-4)22(23)15-31/h6-12,14,16,27H,13H2,1-5H3. The fourth-order valence-electron chi connectivity index (χ4n) is 4.67. The van der Waals surface area contributed by atoms with E-state index in [1.807, 2.05) is 38.1 Å². The third-order valence-corrected chi connectivity index (χ3v) is 6.51. The number of halogens is 1. The van der Waals surface area contributed by atoms with E-state index in [0.717, 1.165) is 16.7 Å². The maximum Gasteiger partial charge on any atom is 0.341 e. The molecule has 0 fully saturated rings. The van der Waals surface area contributed by atoms with Gasteiger partial charge in [0.05, 0.1) is 45.6 Å². The monoisotopic (exact) mass is 534 g/mol. The van der Waals surface area contributed by atoms with Crippen LogP contribution in [0.1, 0.15) is 52.5 Å². The predicted molar refractivity (Wildman–Crippen MR) is 142 cm³/mol. The van der Waals surface area contributed by atoms with Crippen molar-refractivity contribution in [2.24, 2.45) is 0 Å². The van der Waals surface area contributed by atoms with Crippen molar-refractivity contribution in [3.63, 3.8) is 0 Å². The molecule has 0 saturated carbocycles. The molecule has 0 bridgehead atoms. The summed E-state index contributed by atoms with van der Waals surface area (Å²) >= 11 is 6.18. The highest BCUT2D eigenvalue weighted by Gasteiger charge is 2.38. The predicted octanol–water partition coefficient (Wildman–Crippen LogP) is 5.48. The first-order valence-electron chi connectivity index (χ1n) is 11.9. The number of ether oxygens (including phenoxy) is 4. The first-order valence-corrected chi connectivity index (χ1v) is 12.3. The highest BCUT2D eigenvalue weighted by molar-refractivity contribution is 6.30. The second-order valence-electron chi connectivity index (χ2n) is 8.91. The summed E-state index contributed by atoms with van der Waals surface area (Å²) in [6.07, 6.45) is -0.0542. The largest absolute Gasteiger partial charge is 0.494 e. The molecule has 1 aliphatic heterocycles. The van der Waals surface area contributed by atoms with E-state index in [4.69, 9.17) is 30.5 Å². The molecule has 196 valence electrons. The first kappa shape index (κ1) is 26.8. The average molecular weight is 535 g/mol. The van der Waals surface area contributed by atoms with E-state index in [1.54, 1.807) is 30.2 Å². The van der Waals surface area contributed by atoms with E-state index in [1.165, 1.54) is 20.3 Å². The van der Waals surface area contributed by atoms with Crippen molar-refractivity contribution in [2.45, 2.75) is 32.4 Å². The number of rotatable bonds is 7. The van der Waals surface area contributed by atoms with Gasteiger partial charge in [0.1, 0.15) is 17.2 Å². The van der Waals surface area contributed by atoms with Gasteiger partial charge in [0.2, 0.25) is 5.91 Å². The number of nitriles is 1. The second kappa shape index (κ2) is 11.0. The summed E-state index contributed by atoms with van der Waals surface area (Å²) in [6.45, 7) is 3.83. The maximum absolute atomic E-state index is 13.8. The highest BCUT2D eigenvalue weighted by atomic mass is 35.5. The molecule has 1 aliphatic rings. The molecule has 9 heteroatoms. The van der Waals surface area contributed by atoms with Gasteiger partial charge in [-0.1, -0.05) is 23.7 Å². The van der Waals surface area contributed by atoms with Gasteiger partial charge in [-0.3, -0.25) is 9.69 Å². The summed E-state index contributed by atoms with van der Waals surface area (Å²) in [4.78, 5) is 27.7. The third kappa shape index (κ3) is 4.85. The number of hydrogen-bond donors (Lipinski definition) is 0. The van der Waals surface area contributed by atoms with Crippen molar-refractivity contribution in [2.75, 3.05) is 26.2 Å². The molecule has 1 amide bonds. The fraction of sp³-hybridized carbons (Fsp3) is 0.276. The Kier molecular flexibility index (Phi) is 7.79. The maximum atomic E-state index is 13.8. The lowest BCUT2D eigenvalue weighted by atomic mass is 9.86.